The lowest BCUT2D eigenvalue weighted by Crippen LogP contribution is -2.39. The number of rotatable bonds is 7. The van der Waals surface area contributed by atoms with Crippen LogP contribution in [-0.4, -0.2) is 37.6 Å². The van der Waals surface area contributed by atoms with E-state index in [2.05, 4.69) is 10.6 Å². The zero-order chi connectivity index (χ0) is 22.4. The fourth-order valence-electron chi connectivity index (χ4n) is 3.59. The van der Waals surface area contributed by atoms with E-state index in [-0.39, 0.29) is 41.4 Å². The fourth-order valence-corrected chi connectivity index (χ4v) is 5.06. The van der Waals surface area contributed by atoms with Gasteiger partial charge in [0.15, 0.2) is 0 Å². The molecular formula is C22H26FN3O4S. The Morgan fingerprint density at radius 1 is 1.06 bits per heavy atom. The second-order valence-electron chi connectivity index (χ2n) is 7.63. The number of amides is 2. The number of piperidine rings is 1. The van der Waals surface area contributed by atoms with Gasteiger partial charge in [-0.1, -0.05) is 18.2 Å². The van der Waals surface area contributed by atoms with E-state index < -0.39 is 10.0 Å². The van der Waals surface area contributed by atoms with Crippen LogP contribution in [0.5, 0.6) is 0 Å². The van der Waals surface area contributed by atoms with Crippen LogP contribution in [0.15, 0.2) is 53.4 Å². The molecule has 9 heteroatoms. The first-order valence-electron chi connectivity index (χ1n) is 10.1. The molecule has 0 aromatic heterocycles. The van der Waals surface area contributed by atoms with Gasteiger partial charge in [0, 0.05) is 44.2 Å². The van der Waals surface area contributed by atoms with Crippen molar-refractivity contribution in [2.75, 3.05) is 18.4 Å². The molecule has 1 fully saturated rings. The van der Waals surface area contributed by atoms with Gasteiger partial charge in [0.25, 0.3) is 0 Å². The quantitative estimate of drug-likeness (QED) is 0.682. The molecule has 2 amide bonds. The zero-order valence-electron chi connectivity index (χ0n) is 17.3. The number of nitrogens with one attached hydrogen (secondary N) is 2. The molecule has 0 radical (unpaired) electrons. The summed E-state index contributed by atoms with van der Waals surface area (Å²) in [6.45, 7) is 2.18. The third-order valence-corrected chi connectivity index (χ3v) is 7.21. The number of benzene rings is 2. The SMILES string of the molecule is CC(=O)Nc1ccc(S(=O)(=O)N2CCC(CC(=O)NCc3ccccc3F)CC2)cc1. The van der Waals surface area contributed by atoms with E-state index in [4.69, 9.17) is 0 Å². The Bertz CT molecular complexity index is 1030. The van der Waals surface area contributed by atoms with Crippen LogP contribution in [0.1, 0.15) is 31.7 Å². The maximum atomic E-state index is 13.6. The van der Waals surface area contributed by atoms with Crippen LogP contribution in [-0.2, 0) is 26.2 Å². The lowest BCUT2D eigenvalue weighted by molar-refractivity contribution is -0.122. The number of carbonyl (C=O) groups excluding carboxylic acids is 2. The summed E-state index contributed by atoms with van der Waals surface area (Å²) in [6.07, 6.45) is 1.44. The van der Waals surface area contributed by atoms with Gasteiger partial charge >= 0.3 is 0 Å². The normalized spacial score (nSPS) is 15.4. The summed E-state index contributed by atoms with van der Waals surface area (Å²) in [5.41, 5.74) is 0.966. The minimum Gasteiger partial charge on any atom is -0.352 e. The van der Waals surface area contributed by atoms with E-state index in [0.29, 0.717) is 37.2 Å². The van der Waals surface area contributed by atoms with Crippen LogP contribution in [0.2, 0.25) is 0 Å². The molecule has 0 saturated carbocycles. The molecule has 3 rings (SSSR count). The predicted molar refractivity (Wildman–Crippen MR) is 115 cm³/mol. The topological polar surface area (TPSA) is 95.6 Å². The van der Waals surface area contributed by atoms with Crippen LogP contribution < -0.4 is 10.6 Å². The number of hydrogen-bond acceptors (Lipinski definition) is 4. The number of hydrogen-bond donors (Lipinski definition) is 2. The summed E-state index contributed by atoms with van der Waals surface area (Å²) >= 11 is 0. The molecule has 7 nitrogen and oxygen atoms in total. The summed E-state index contributed by atoms with van der Waals surface area (Å²) in [5.74, 6) is -0.672. The first-order valence-corrected chi connectivity index (χ1v) is 11.6. The Kier molecular flexibility index (Phi) is 7.40. The van der Waals surface area contributed by atoms with Crippen LogP contribution >= 0.6 is 0 Å². The van der Waals surface area contributed by atoms with Crippen LogP contribution in [0.4, 0.5) is 10.1 Å². The average molecular weight is 448 g/mol. The number of carbonyl (C=O) groups is 2. The average Bonchev–Trinajstić information content (AvgIpc) is 2.73. The number of anilines is 1. The van der Waals surface area contributed by atoms with Crippen molar-refractivity contribution in [1.82, 2.24) is 9.62 Å². The fraction of sp³-hybridized carbons (Fsp3) is 0.364. The van der Waals surface area contributed by atoms with E-state index >= 15 is 0 Å². The molecule has 2 aromatic rings. The van der Waals surface area contributed by atoms with Gasteiger partial charge in [-0.25, -0.2) is 12.8 Å². The Morgan fingerprint density at radius 2 is 1.71 bits per heavy atom. The van der Waals surface area contributed by atoms with Gasteiger partial charge in [-0.3, -0.25) is 9.59 Å². The highest BCUT2D eigenvalue weighted by molar-refractivity contribution is 7.89. The Labute approximate surface area is 181 Å². The van der Waals surface area contributed by atoms with Gasteiger partial charge in [-0.05, 0) is 49.1 Å². The summed E-state index contributed by atoms with van der Waals surface area (Å²) in [5, 5.41) is 5.34. The van der Waals surface area contributed by atoms with E-state index in [9.17, 15) is 22.4 Å². The maximum absolute atomic E-state index is 13.6. The van der Waals surface area contributed by atoms with E-state index in [1.807, 2.05) is 0 Å². The highest BCUT2D eigenvalue weighted by Gasteiger charge is 2.30. The van der Waals surface area contributed by atoms with Crippen molar-refractivity contribution in [2.45, 2.75) is 37.6 Å². The first-order chi connectivity index (χ1) is 14.8. The van der Waals surface area contributed by atoms with Crippen molar-refractivity contribution in [3.8, 4) is 0 Å². The molecule has 0 unspecified atom stereocenters. The molecule has 1 aliphatic rings. The number of sulfonamides is 1. The van der Waals surface area contributed by atoms with E-state index in [1.165, 1.54) is 29.4 Å². The van der Waals surface area contributed by atoms with Crippen LogP contribution in [0.25, 0.3) is 0 Å². The smallest absolute Gasteiger partial charge is 0.243 e. The van der Waals surface area contributed by atoms with Crippen molar-refractivity contribution in [1.29, 1.82) is 0 Å². The van der Waals surface area contributed by atoms with Crippen molar-refractivity contribution >= 4 is 27.5 Å². The van der Waals surface area contributed by atoms with E-state index in [0.717, 1.165) is 0 Å². The van der Waals surface area contributed by atoms with Crippen LogP contribution in [0, 0.1) is 11.7 Å². The van der Waals surface area contributed by atoms with Crippen molar-refractivity contribution in [3.05, 3.63) is 59.9 Å². The second-order valence-corrected chi connectivity index (χ2v) is 9.56. The standard InChI is InChI=1S/C22H26FN3O4S/c1-16(27)25-19-6-8-20(9-7-19)31(29,30)26-12-10-17(11-13-26)14-22(28)24-15-18-4-2-3-5-21(18)23/h2-9,17H,10-15H2,1H3,(H,24,28)(H,25,27). The minimum absolute atomic E-state index is 0.0780. The Hall–Kier alpha value is -2.78. The van der Waals surface area contributed by atoms with E-state index in [1.54, 1.807) is 30.3 Å². The lowest BCUT2D eigenvalue weighted by Gasteiger charge is -2.31. The minimum atomic E-state index is -3.63. The monoisotopic (exact) mass is 447 g/mol. The van der Waals surface area contributed by atoms with Gasteiger partial charge in [0.05, 0.1) is 4.90 Å². The molecule has 1 heterocycles. The largest absolute Gasteiger partial charge is 0.352 e. The summed E-state index contributed by atoms with van der Waals surface area (Å²) in [7, 11) is -3.63. The van der Waals surface area contributed by atoms with Gasteiger partial charge in [-0.2, -0.15) is 4.31 Å². The second kappa shape index (κ2) is 10.0. The molecule has 0 atom stereocenters. The third kappa shape index (κ3) is 6.11. The molecule has 2 aromatic carbocycles. The van der Waals surface area contributed by atoms with Crippen molar-refractivity contribution in [3.63, 3.8) is 0 Å². The molecule has 1 saturated heterocycles. The Balaban J connectivity index is 1.49. The first kappa shape index (κ1) is 22.9. The van der Waals surface area contributed by atoms with Crippen molar-refractivity contribution in [2.24, 2.45) is 5.92 Å². The lowest BCUT2D eigenvalue weighted by atomic mass is 9.94. The number of nitrogens with zero attached hydrogens (tertiary/aromatic N) is 1. The van der Waals surface area contributed by atoms with Crippen molar-refractivity contribution < 1.29 is 22.4 Å². The maximum Gasteiger partial charge on any atom is 0.243 e. The molecule has 31 heavy (non-hydrogen) atoms. The molecule has 0 spiro atoms. The number of halogens is 1. The van der Waals surface area contributed by atoms with Gasteiger partial charge < -0.3 is 10.6 Å². The highest BCUT2D eigenvalue weighted by Crippen LogP contribution is 2.26. The zero-order valence-corrected chi connectivity index (χ0v) is 18.1. The molecule has 0 bridgehead atoms. The highest BCUT2D eigenvalue weighted by atomic mass is 32.2. The third-order valence-electron chi connectivity index (χ3n) is 5.29. The molecule has 0 aliphatic carbocycles. The molecule has 2 N–H and O–H groups in total. The Morgan fingerprint density at radius 3 is 2.32 bits per heavy atom. The van der Waals surface area contributed by atoms with Crippen LogP contribution in [0.3, 0.4) is 0 Å². The molecule has 166 valence electrons. The summed E-state index contributed by atoms with van der Waals surface area (Å²) in [6, 6.07) is 12.4. The van der Waals surface area contributed by atoms with Gasteiger partial charge in [0.1, 0.15) is 5.82 Å². The molecule has 1 aliphatic heterocycles. The predicted octanol–water partition coefficient (Wildman–Crippen LogP) is 2.89. The van der Waals surface area contributed by atoms with Gasteiger partial charge in [-0.15, -0.1) is 0 Å². The summed E-state index contributed by atoms with van der Waals surface area (Å²) < 4.78 is 40.8. The van der Waals surface area contributed by atoms with Gasteiger partial charge in [0.2, 0.25) is 21.8 Å². The summed E-state index contributed by atoms with van der Waals surface area (Å²) in [4.78, 5) is 23.5. The molecular weight excluding hydrogens is 421 g/mol.